The summed E-state index contributed by atoms with van der Waals surface area (Å²) >= 11 is 0. The van der Waals surface area contributed by atoms with E-state index in [4.69, 9.17) is 9.47 Å². The number of rotatable bonds is 5. The Balaban J connectivity index is 2.34. The van der Waals surface area contributed by atoms with Gasteiger partial charge in [0, 0.05) is 0 Å². The Hall–Kier alpha value is -3.19. The van der Waals surface area contributed by atoms with Crippen LogP contribution in [0.5, 0.6) is 5.75 Å². The van der Waals surface area contributed by atoms with Crippen LogP contribution in [0.3, 0.4) is 0 Å². The molecule has 1 N–H and O–H groups in total. The van der Waals surface area contributed by atoms with E-state index in [0.717, 1.165) is 0 Å². The van der Waals surface area contributed by atoms with Crippen LogP contribution in [-0.4, -0.2) is 34.3 Å². The maximum absolute atomic E-state index is 13.4. The Morgan fingerprint density at radius 3 is 2.46 bits per heavy atom. The number of aliphatic hydroxyl groups is 1. The first-order valence-corrected chi connectivity index (χ1v) is 8.91. The van der Waals surface area contributed by atoms with E-state index in [9.17, 15) is 14.7 Å². The molecule has 2 aromatic carbocycles. The number of aromatic nitrogens is 2. The lowest BCUT2D eigenvalue weighted by Crippen LogP contribution is -2.25. The van der Waals surface area contributed by atoms with Crippen LogP contribution in [0.4, 0.5) is 0 Å². The minimum atomic E-state index is -0.471. The number of aryl methyl sites for hydroxylation is 2. The van der Waals surface area contributed by atoms with E-state index in [1.54, 1.807) is 58.2 Å². The zero-order valence-electron chi connectivity index (χ0n) is 16.3. The molecule has 7 heteroatoms. The highest BCUT2D eigenvalue weighted by Crippen LogP contribution is 2.24. The first-order valence-electron chi connectivity index (χ1n) is 8.91. The third kappa shape index (κ3) is 3.25. The lowest BCUT2D eigenvalue weighted by Gasteiger charge is -2.16. The lowest BCUT2D eigenvalue weighted by molar-refractivity contribution is 0.0525. The Labute approximate surface area is 162 Å². The molecule has 0 saturated carbocycles. The molecule has 3 rings (SSSR count). The number of hydrogen-bond acceptors (Lipinski definition) is 6. The van der Waals surface area contributed by atoms with Crippen LogP contribution < -0.4 is 10.3 Å². The van der Waals surface area contributed by atoms with Gasteiger partial charge in [0.05, 0.1) is 35.9 Å². The maximum atomic E-state index is 13.4. The number of ether oxygens (including phenoxy) is 2. The van der Waals surface area contributed by atoms with E-state index in [1.807, 2.05) is 0 Å². The zero-order chi connectivity index (χ0) is 20.4. The molecule has 0 aliphatic carbocycles. The van der Waals surface area contributed by atoms with Crippen molar-refractivity contribution >= 4 is 16.9 Å². The van der Waals surface area contributed by atoms with E-state index in [-0.39, 0.29) is 18.0 Å². The molecule has 0 aliphatic heterocycles. The van der Waals surface area contributed by atoms with Gasteiger partial charge in [-0.05, 0) is 62.2 Å². The molecule has 0 amide bonds. The highest BCUT2D eigenvalue weighted by Gasteiger charge is 2.21. The first kappa shape index (κ1) is 19.6. The fourth-order valence-electron chi connectivity index (χ4n) is 3.36. The highest BCUT2D eigenvalue weighted by molar-refractivity contribution is 5.99. The fraction of sp³-hybridized carbons (Fsp3) is 0.286. The molecule has 0 saturated heterocycles. The second kappa shape index (κ2) is 7.82. The first-order chi connectivity index (χ1) is 13.4. The molecule has 0 radical (unpaired) electrons. The second-order valence-electron chi connectivity index (χ2n) is 6.33. The predicted molar refractivity (Wildman–Crippen MR) is 105 cm³/mol. The molecule has 1 heterocycles. The predicted octanol–water partition coefficient (Wildman–Crippen LogP) is 2.68. The summed E-state index contributed by atoms with van der Waals surface area (Å²) in [5.74, 6) is 0.388. The van der Waals surface area contributed by atoms with Crippen molar-refractivity contribution in [2.24, 2.45) is 0 Å². The number of nitrogens with zero attached hydrogens (tertiary/aromatic N) is 2. The van der Waals surface area contributed by atoms with Gasteiger partial charge in [0.15, 0.2) is 0 Å². The Morgan fingerprint density at radius 1 is 1.21 bits per heavy atom. The normalized spacial score (nSPS) is 10.9. The maximum Gasteiger partial charge on any atom is 0.338 e. The van der Waals surface area contributed by atoms with Gasteiger partial charge in [-0.3, -0.25) is 9.36 Å². The average molecular weight is 382 g/mol. The van der Waals surface area contributed by atoms with Crippen LogP contribution in [0.1, 0.15) is 34.2 Å². The summed E-state index contributed by atoms with van der Waals surface area (Å²) in [5.41, 5.74) is 2.16. The van der Waals surface area contributed by atoms with Gasteiger partial charge in [-0.15, -0.1) is 0 Å². The Kier molecular flexibility index (Phi) is 5.46. The van der Waals surface area contributed by atoms with Crippen LogP contribution in [0, 0.1) is 13.8 Å². The van der Waals surface area contributed by atoms with E-state index in [2.05, 4.69) is 4.98 Å². The van der Waals surface area contributed by atoms with Crippen molar-refractivity contribution in [3.8, 4) is 11.4 Å². The number of carbonyl (C=O) groups excluding carboxylic acids is 1. The van der Waals surface area contributed by atoms with Gasteiger partial charge >= 0.3 is 5.97 Å². The standard InChI is InChI=1S/C21H22N2O5/c1-5-28-21(26)18-12(2)10-16-19(13(18)3)20(25)23(17(11-24)22-16)14-6-8-15(27-4)9-7-14/h6-10,24H,5,11H2,1-4H3. The SMILES string of the molecule is CCOC(=O)c1c(C)cc2nc(CO)n(-c3ccc(OC)cc3)c(=O)c2c1C. The molecule has 0 aliphatic rings. The van der Waals surface area contributed by atoms with Gasteiger partial charge in [0.25, 0.3) is 5.56 Å². The van der Waals surface area contributed by atoms with Crippen molar-refractivity contribution in [1.82, 2.24) is 9.55 Å². The summed E-state index contributed by atoms with van der Waals surface area (Å²) in [5, 5.41) is 10.1. The summed E-state index contributed by atoms with van der Waals surface area (Å²) < 4.78 is 11.6. The average Bonchev–Trinajstić information content (AvgIpc) is 2.67. The third-order valence-electron chi connectivity index (χ3n) is 4.63. The van der Waals surface area contributed by atoms with Gasteiger partial charge in [-0.25, -0.2) is 9.78 Å². The van der Waals surface area contributed by atoms with Gasteiger partial charge in [-0.1, -0.05) is 0 Å². The molecule has 0 atom stereocenters. The molecule has 0 fully saturated rings. The molecular weight excluding hydrogens is 360 g/mol. The van der Waals surface area contributed by atoms with Crippen LogP contribution in [0.25, 0.3) is 16.6 Å². The fourth-order valence-corrected chi connectivity index (χ4v) is 3.36. The third-order valence-corrected chi connectivity index (χ3v) is 4.63. The smallest absolute Gasteiger partial charge is 0.338 e. The molecule has 28 heavy (non-hydrogen) atoms. The van der Waals surface area contributed by atoms with Crippen molar-refractivity contribution in [3.05, 3.63) is 63.2 Å². The summed E-state index contributed by atoms with van der Waals surface area (Å²) in [6.07, 6.45) is 0. The van der Waals surface area contributed by atoms with Crippen LogP contribution in [0.2, 0.25) is 0 Å². The molecule has 0 spiro atoms. The second-order valence-corrected chi connectivity index (χ2v) is 6.33. The van der Waals surface area contributed by atoms with Crippen molar-refractivity contribution in [2.45, 2.75) is 27.4 Å². The quantitative estimate of drug-likeness (QED) is 0.683. The molecule has 0 unspecified atom stereocenters. The lowest BCUT2D eigenvalue weighted by atomic mass is 9.98. The summed E-state index contributed by atoms with van der Waals surface area (Å²) in [6, 6.07) is 8.54. The molecule has 7 nitrogen and oxygen atoms in total. The van der Waals surface area contributed by atoms with E-state index in [1.165, 1.54) is 4.57 Å². The van der Waals surface area contributed by atoms with Crippen LogP contribution in [0.15, 0.2) is 35.1 Å². The number of carbonyl (C=O) groups is 1. The van der Waals surface area contributed by atoms with Crippen molar-refractivity contribution < 1.29 is 19.4 Å². The van der Waals surface area contributed by atoms with Gasteiger partial charge in [0.1, 0.15) is 18.2 Å². The number of methoxy groups -OCH3 is 1. The largest absolute Gasteiger partial charge is 0.497 e. The van der Waals surface area contributed by atoms with Crippen LogP contribution in [-0.2, 0) is 11.3 Å². The summed E-state index contributed by atoms with van der Waals surface area (Å²) in [4.78, 5) is 30.2. The Bertz CT molecular complexity index is 1100. The molecule has 146 valence electrons. The van der Waals surface area contributed by atoms with E-state index in [0.29, 0.717) is 39.0 Å². The van der Waals surface area contributed by atoms with Crippen LogP contribution >= 0.6 is 0 Å². The minimum Gasteiger partial charge on any atom is -0.497 e. The number of fused-ring (bicyclic) bond motifs is 1. The number of benzene rings is 2. The van der Waals surface area contributed by atoms with Crippen molar-refractivity contribution in [2.75, 3.05) is 13.7 Å². The number of hydrogen-bond donors (Lipinski definition) is 1. The molecule has 3 aromatic rings. The minimum absolute atomic E-state index is 0.213. The van der Waals surface area contributed by atoms with Gasteiger partial charge < -0.3 is 14.6 Å². The Morgan fingerprint density at radius 2 is 1.89 bits per heavy atom. The molecule has 0 bridgehead atoms. The number of esters is 1. The molecular formula is C21H22N2O5. The summed E-state index contributed by atoms with van der Waals surface area (Å²) in [6.45, 7) is 5.05. The van der Waals surface area contributed by atoms with E-state index < -0.39 is 12.6 Å². The molecule has 1 aromatic heterocycles. The van der Waals surface area contributed by atoms with Gasteiger partial charge in [0.2, 0.25) is 0 Å². The van der Waals surface area contributed by atoms with E-state index >= 15 is 0 Å². The topological polar surface area (TPSA) is 90.7 Å². The van der Waals surface area contributed by atoms with Crippen molar-refractivity contribution in [3.63, 3.8) is 0 Å². The monoisotopic (exact) mass is 382 g/mol. The zero-order valence-corrected chi connectivity index (χ0v) is 16.3. The van der Waals surface area contributed by atoms with Crippen molar-refractivity contribution in [1.29, 1.82) is 0 Å². The van der Waals surface area contributed by atoms with Gasteiger partial charge in [-0.2, -0.15) is 0 Å². The summed E-state index contributed by atoms with van der Waals surface area (Å²) in [7, 11) is 1.56. The number of aliphatic hydroxyl groups excluding tert-OH is 1. The highest BCUT2D eigenvalue weighted by atomic mass is 16.5.